The number of rotatable bonds is 4. The van der Waals surface area contributed by atoms with E-state index in [1.54, 1.807) is 0 Å². The second-order valence-electron chi connectivity index (χ2n) is 4.63. The topological polar surface area (TPSA) is 63.1 Å². The van der Waals surface area contributed by atoms with Gasteiger partial charge in [-0.05, 0) is 24.6 Å². The lowest BCUT2D eigenvalue weighted by molar-refractivity contribution is -0.137. The molecule has 0 bridgehead atoms. The standard InChI is InChI=1S/C14H13F3N2O2/c1-2-3-4-11-18-10-6-5-8(14(15,16)17)7-9(10)12(19-11)13(20)21/h5-7H,2-4H2,1H3,(H,20,21). The molecule has 0 atom stereocenters. The smallest absolute Gasteiger partial charge is 0.416 e. The average Bonchev–Trinajstić information content (AvgIpc) is 2.42. The summed E-state index contributed by atoms with van der Waals surface area (Å²) in [5, 5.41) is 9.06. The van der Waals surface area contributed by atoms with E-state index in [4.69, 9.17) is 5.11 Å². The summed E-state index contributed by atoms with van der Waals surface area (Å²) >= 11 is 0. The Morgan fingerprint density at radius 2 is 2.00 bits per heavy atom. The van der Waals surface area contributed by atoms with Gasteiger partial charge >= 0.3 is 12.1 Å². The number of nitrogens with zero attached hydrogens (tertiary/aromatic N) is 2. The zero-order chi connectivity index (χ0) is 15.6. The van der Waals surface area contributed by atoms with Crippen molar-refractivity contribution < 1.29 is 23.1 Å². The SMILES string of the molecule is CCCCc1nc(C(=O)O)c2cc(C(F)(F)F)ccc2n1. The third kappa shape index (κ3) is 3.29. The van der Waals surface area contributed by atoms with Crippen molar-refractivity contribution >= 4 is 16.9 Å². The van der Waals surface area contributed by atoms with Crippen LogP contribution in [0.2, 0.25) is 0 Å². The number of carbonyl (C=O) groups is 1. The Hall–Kier alpha value is -2.18. The van der Waals surface area contributed by atoms with Gasteiger partial charge in [0.25, 0.3) is 0 Å². The second kappa shape index (κ2) is 5.67. The molecule has 112 valence electrons. The van der Waals surface area contributed by atoms with Crippen molar-refractivity contribution in [2.24, 2.45) is 0 Å². The highest BCUT2D eigenvalue weighted by atomic mass is 19.4. The maximum atomic E-state index is 12.7. The number of halogens is 3. The first kappa shape index (κ1) is 15.2. The molecule has 0 saturated carbocycles. The minimum atomic E-state index is -4.54. The van der Waals surface area contributed by atoms with Gasteiger partial charge in [-0.3, -0.25) is 0 Å². The zero-order valence-corrected chi connectivity index (χ0v) is 11.2. The van der Waals surface area contributed by atoms with Crippen molar-refractivity contribution in [3.63, 3.8) is 0 Å². The molecule has 1 aromatic heterocycles. The van der Waals surface area contributed by atoms with E-state index in [0.29, 0.717) is 12.2 Å². The van der Waals surface area contributed by atoms with Crippen molar-refractivity contribution in [2.75, 3.05) is 0 Å². The Morgan fingerprint density at radius 1 is 1.29 bits per heavy atom. The van der Waals surface area contributed by atoms with Crippen molar-refractivity contribution in [1.82, 2.24) is 9.97 Å². The molecule has 0 unspecified atom stereocenters. The Labute approximate surface area is 118 Å². The van der Waals surface area contributed by atoms with Crippen LogP contribution < -0.4 is 0 Å². The second-order valence-corrected chi connectivity index (χ2v) is 4.63. The van der Waals surface area contributed by atoms with Gasteiger partial charge in [0.1, 0.15) is 5.82 Å². The molecule has 4 nitrogen and oxygen atoms in total. The molecule has 0 fully saturated rings. The van der Waals surface area contributed by atoms with E-state index < -0.39 is 23.4 Å². The molecule has 0 radical (unpaired) electrons. The molecular formula is C14H13F3N2O2. The third-order valence-corrected chi connectivity index (χ3v) is 3.03. The van der Waals surface area contributed by atoms with Gasteiger partial charge in [0.2, 0.25) is 0 Å². The van der Waals surface area contributed by atoms with E-state index in [-0.39, 0.29) is 10.9 Å². The first-order valence-corrected chi connectivity index (χ1v) is 6.44. The van der Waals surface area contributed by atoms with E-state index in [2.05, 4.69) is 9.97 Å². The van der Waals surface area contributed by atoms with Gasteiger partial charge < -0.3 is 5.11 Å². The molecule has 21 heavy (non-hydrogen) atoms. The van der Waals surface area contributed by atoms with Crippen LogP contribution >= 0.6 is 0 Å². The van der Waals surface area contributed by atoms with Crippen LogP contribution in [0.3, 0.4) is 0 Å². The van der Waals surface area contributed by atoms with Crippen LogP contribution in [0.15, 0.2) is 18.2 Å². The highest BCUT2D eigenvalue weighted by Gasteiger charge is 2.31. The molecule has 7 heteroatoms. The van der Waals surface area contributed by atoms with Crippen LogP contribution in [0, 0.1) is 0 Å². The van der Waals surface area contributed by atoms with Crippen LogP contribution in [0.1, 0.15) is 41.6 Å². The van der Waals surface area contributed by atoms with Gasteiger partial charge in [-0.15, -0.1) is 0 Å². The summed E-state index contributed by atoms with van der Waals surface area (Å²) in [5.74, 6) is -1.03. The Balaban J connectivity index is 2.62. The Morgan fingerprint density at radius 3 is 2.57 bits per heavy atom. The predicted octanol–water partition coefficient (Wildman–Crippen LogP) is 3.69. The largest absolute Gasteiger partial charge is 0.476 e. The lowest BCUT2D eigenvalue weighted by Gasteiger charge is -2.10. The molecule has 1 N–H and O–H groups in total. The maximum Gasteiger partial charge on any atom is 0.416 e. The summed E-state index contributed by atoms with van der Waals surface area (Å²) < 4.78 is 38.1. The number of hydrogen-bond donors (Lipinski definition) is 1. The first-order chi connectivity index (χ1) is 9.82. The van der Waals surface area contributed by atoms with Gasteiger partial charge in [-0.1, -0.05) is 13.3 Å². The zero-order valence-electron chi connectivity index (χ0n) is 11.2. The van der Waals surface area contributed by atoms with E-state index in [0.717, 1.165) is 25.0 Å². The molecule has 0 saturated heterocycles. The molecule has 2 rings (SSSR count). The van der Waals surface area contributed by atoms with Gasteiger partial charge in [0.05, 0.1) is 11.1 Å². The molecular weight excluding hydrogens is 285 g/mol. The average molecular weight is 298 g/mol. The molecule has 0 spiro atoms. The number of benzene rings is 1. The van der Waals surface area contributed by atoms with Crippen LogP contribution in [-0.2, 0) is 12.6 Å². The predicted molar refractivity (Wildman–Crippen MR) is 70.1 cm³/mol. The fraction of sp³-hybridized carbons (Fsp3) is 0.357. The quantitative estimate of drug-likeness (QED) is 0.935. The first-order valence-electron chi connectivity index (χ1n) is 6.44. The maximum absolute atomic E-state index is 12.7. The number of carboxylic acids is 1. The Kier molecular flexibility index (Phi) is 4.11. The van der Waals surface area contributed by atoms with Crippen molar-refractivity contribution in [3.8, 4) is 0 Å². The number of fused-ring (bicyclic) bond motifs is 1. The number of hydrogen-bond acceptors (Lipinski definition) is 3. The van der Waals surface area contributed by atoms with E-state index in [9.17, 15) is 18.0 Å². The number of aromatic carboxylic acids is 1. The number of aromatic nitrogens is 2. The fourth-order valence-corrected chi connectivity index (χ4v) is 1.96. The lowest BCUT2D eigenvalue weighted by Crippen LogP contribution is -2.09. The summed E-state index contributed by atoms with van der Waals surface area (Å²) in [6.45, 7) is 1.97. The minimum absolute atomic E-state index is 0.0995. The lowest BCUT2D eigenvalue weighted by atomic mass is 10.1. The van der Waals surface area contributed by atoms with Gasteiger partial charge in [-0.2, -0.15) is 13.2 Å². The summed E-state index contributed by atoms with van der Waals surface area (Å²) in [7, 11) is 0. The van der Waals surface area contributed by atoms with Crippen molar-refractivity contribution in [1.29, 1.82) is 0 Å². The molecule has 0 aliphatic carbocycles. The molecule has 0 aliphatic heterocycles. The normalized spacial score (nSPS) is 11.8. The van der Waals surface area contributed by atoms with Crippen molar-refractivity contribution in [3.05, 3.63) is 35.3 Å². The highest BCUT2D eigenvalue weighted by molar-refractivity contribution is 6.00. The molecule has 1 aromatic carbocycles. The van der Waals surface area contributed by atoms with Gasteiger partial charge in [-0.25, -0.2) is 14.8 Å². The molecule has 0 aliphatic rings. The van der Waals surface area contributed by atoms with E-state index >= 15 is 0 Å². The fourth-order valence-electron chi connectivity index (χ4n) is 1.96. The minimum Gasteiger partial charge on any atom is -0.476 e. The van der Waals surface area contributed by atoms with Crippen LogP contribution in [0.25, 0.3) is 10.9 Å². The van der Waals surface area contributed by atoms with Gasteiger partial charge in [0.15, 0.2) is 5.69 Å². The molecule has 0 amide bonds. The van der Waals surface area contributed by atoms with Crippen LogP contribution in [-0.4, -0.2) is 21.0 Å². The highest BCUT2D eigenvalue weighted by Crippen LogP contribution is 2.31. The monoisotopic (exact) mass is 298 g/mol. The molecule has 2 aromatic rings. The Bertz CT molecular complexity index is 684. The number of carboxylic acid groups (broad SMARTS) is 1. The van der Waals surface area contributed by atoms with E-state index in [1.165, 1.54) is 6.07 Å². The number of aryl methyl sites for hydroxylation is 1. The summed E-state index contributed by atoms with van der Waals surface area (Å²) in [4.78, 5) is 19.3. The third-order valence-electron chi connectivity index (χ3n) is 3.03. The van der Waals surface area contributed by atoms with Crippen molar-refractivity contribution in [2.45, 2.75) is 32.4 Å². The molecule has 1 heterocycles. The number of unbranched alkanes of at least 4 members (excludes halogenated alkanes) is 1. The summed E-state index contributed by atoms with van der Waals surface area (Å²) in [6, 6.07) is 2.86. The van der Waals surface area contributed by atoms with Crippen LogP contribution in [0.4, 0.5) is 13.2 Å². The summed E-state index contributed by atoms with van der Waals surface area (Å²) in [6.07, 6.45) is -2.37. The van der Waals surface area contributed by atoms with E-state index in [1.807, 2.05) is 6.92 Å². The van der Waals surface area contributed by atoms with Crippen LogP contribution in [0.5, 0.6) is 0 Å². The summed E-state index contributed by atoms with van der Waals surface area (Å²) in [5.41, 5.74) is -1.10. The van der Waals surface area contributed by atoms with Gasteiger partial charge in [0, 0.05) is 11.8 Å². The number of alkyl halides is 3.